The van der Waals surface area contributed by atoms with E-state index in [0.29, 0.717) is 0 Å². The molecule has 0 saturated heterocycles. The second kappa shape index (κ2) is 3.17. The van der Waals surface area contributed by atoms with Gasteiger partial charge in [0.1, 0.15) is 0 Å². The number of hydrogen-bond donors (Lipinski definition) is 1. The highest BCUT2D eigenvalue weighted by molar-refractivity contribution is 14.1. The molecule has 7 heavy (non-hydrogen) atoms. The van der Waals surface area contributed by atoms with Gasteiger partial charge in [0.25, 0.3) is 0 Å². The van der Waals surface area contributed by atoms with Crippen molar-refractivity contribution in [3.8, 4) is 0 Å². The topological polar surface area (TPSA) is 37.3 Å². The normalized spacial score (nSPS) is 13.4. The van der Waals surface area contributed by atoms with Crippen LogP contribution in [0.5, 0.6) is 0 Å². The molecular formula is C3H4FIO2. The minimum absolute atomic E-state index is 0.402. The summed E-state index contributed by atoms with van der Waals surface area (Å²) in [5, 5.41) is 7.84. The first kappa shape index (κ1) is 7.13. The number of hydrogen-bond acceptors (Lipinski definition) is 1. The Morgan fingerprint density at radius 2 is 2.43 bits per heavy atom. The van der Waals surface area contributed by atoms with Gasteiger partial charge in [-0.2, -0.15) is 0 Å². The number of rotatable bonds is 2. The van der Waals surface area contributed by atoms with Crippen LogP contribution in [0.4, 0.5) is 4.39 Å². The molecule has 0 radical (unpaired) electrons. The van der Waals surface area contributed by atoms with Gasteiger partial charge in [-0.25, -0.2) is 4.39 Å². The summed E-state index contributed by atoms with van der Waals surface area (Å²) >= 11 is 1.41. The number of halogens is 2. The molecule has 1 unspecified atom stereocenters. The summed E-state index contributed by atoms with van der Waals surface area (Å²) in [6.07, 6.45) is -0.402. The maximum Gasteiger partial charge on any atom is 0.307 e. The lowest BCUT2D eigenvalue weighted by molar-refractivity contribution is -0.137. The highest BCUT2D eigenvalue weighted by Gasteiger charge is 2.04. The summed E-state index contributed by atoms with van der Waals surface area (Å²) < 4.78 is 10.3. The van der Waals surface area contributed by atoms with Crippen LogP contribution in [-0.2, 0) is 4.79 Å². The van der Waals surface area contributed by atoms with Crippen LogP contribution in [0.1, 0.15) is 6.42 Å². The molecule has 0 aromatic carbocycles. The van der Waals surface area contributed by atoms with Crippen molar-refractivity contribution in [3.63, 3.8) is 0 Å². The summed E-state index contributed by atoms with van der Waals surface area (Å²) in [4.78, 5) is 9.56. The predicted octanol–water partition coefficient (Wildman–Crippen LogP) is 1.19. The van der Waals surface area contributed by atoms with Gasteiger partial charge >= 0.3 is 5.97 Å². The summed E-state index contributed by atoms with van der Waals surface area (Å²) in [7, 11) is 0. The van der Waals surface area contributed by atoms with E-state index < -0.39 is 16.6 Å². The van der Waals surface area contributed by atoms with E-state index in [1.165, 1.54) is 22.6 Å². The maximum absolute atomic E-state index is 11.6. The van der Waals surface area contributed by atoms with Gasteiger partial charge in [0.15, 0.2) is 4.18 Å². The molecule has 0 spiro atoms. The molecule has 0 aliphatic rings. The Kier molecular flexibility index (Phi) is 3.23. The van der Waals surface area contributed by atoms with E-state index in [9.17, 15) is 9.18 Å². The third-order valence-electron chi connectivity index (χ3n) is 0.329. The van der Waals surface area contributed by atoms with Crippen molar-refractivity contribution in [1.29, 1.82) is 0 Å². The second-order valence-corrected chi connectivity index (χ2v) is 2.34. The Morgan fingerprint density at radius 1 is 2.00 bits per heavy atom. The van der Waals surface area contributed by atoms with Crippen LogP contribution in [0, 0.1) is 0 Å². The SMILES string of the molecule is O=C(O)CC(F)I. The van der Waals surface area contributed by atoms with Gasteiger partial charge in [-0.1, -0.05) is 0 Å². The van der Waals surface area contributed by atoms with E-state index in [4.69, 9.17) is 5.11 Å². The molecule has 0 amide bonds. The molecule has 1 atom stereocenters. The van der Waals surface area contributed by atoms with Crippen LogP contribution >= 0.6 is 22.6 Å². The zero-order chi connectivity index (χ0) is 5.86. The van der Waals surface area contributed by atoms with Crippen molar-refractivity contribution < 1.29 is 14.3 Å². The summed E-state index contributed by atoms with van der Waals surface area (Å²) in [6, 6.07) is 0. The highest BCUT2D eigenvalue weighted by atomic mass is 127. The average Bonchev–Trinajstić information content (AvgIpc) is 1.27. The van der Waals surface area contributed by atoms with Crippen LogP contribution in [0.15, 0.2) is 0 Å². The third kappa shape index (κ3) is 6.13. The number of carboxylic acid groups (broad SMARTS) is 1. The molecule has 1 N–H and O–H groups in total. The molecule has 0 aliphatic carbocycles. The van der Waals surface area contributed by atoms with Gasteiger partial charge in [0.05, 0.1) is 6.42 Å². The first-order chi connectivity index (χ1) is 3.13. The molecular weight excluding hydrogens is 214 g/mol. The fraction of sp³-hybridized carbons (Fsp3) is 0.667. The minimum atomic E-state index is -1.25. The Hall–Kier alpha value is 0.130. The molecule has 42 valence electrons. The van der Waals surface area contributed by atoms with Crippen molar-refractivity contribution >= 4 is 28.6 Å². The molecule has 0 bridgehead atoms. The number of carboxylic acids is 1. The zero-order valence-corrected chi connectivity index (χ0v) is 5.55. The van der Waals surface area contributed by atoms with Crippen LogP contribution < -0.4 is 0 Å². The summed E-state index contributed by atoms with van der Waals surface area (Å²) in [6.45, 7) is 0. The molecule has 0 aromatic heterocycles. The van der Waals surface area contributed by atoms with Crippen molar-refractivity contribution in [3.05, 3.63) is 0 Å². The quantitative estimate of drug-likeness (QED) is 0.558. The highest BCUT2D eigenvalue weighted by Crippen LogP contribution is 2.05. The van der Waals surface area contributed by atoms with Gasteiger partial charge in [-0.05, 0) is 22.6 Å². The minimum Gasteiger partial charge on any atom is -0.481 e. The van der Waals surface area contributed by atoms with Gasteiger partial charge in [0.2, 0.25) is 0 Å². The first-order valence-corrected chi connectivity index (χ1v) is 2.87. The molecule has 0 aromatic rings. The molecule has 2 nitrogen and oxygen atoms in total. The maximum atomic E-state index is 11.6. The van der Waals surface area contributed by atoms with E-state index in [1.54, 1.807) is 0 Å². The molecule has 0 fully saturated rings. The van der Waals surface area contributed by atoms with Crippen molar-refractivity contribution in [1.82, 2.24) is 0 Å². The number of aliphatic carboxylic acids is 1. The Labute approximate surface area is 53.9 Å². The summed E-state index contributed by atoms with van der Waals surface area (Å²) in [5.74, 6) is -1.10. The van der Waals surface area contributed by atoms with E-state index in [0.717, 1.165) is 0 Å². The smallest absolute Gasteiger partial charge is 0.307 e. The number of carbonyl (C=O) groups is 1. The molecule has 0 aliphatic heterocycles. The van der Waals surface area contributed by atoms with Crippen molar-refractivity contribution in [2.75, 3.05) is 0 Å². The van der Waals surface area contributed by atoms with E-state index >= 15 is 0 Å². The van der Waals surface area contributed by atoms with Gasteiger partial charge < -0.3 is 5.11 Å². The second-order valence-electron chi connectivity index (χ2n) is 0.989. The van der Waals surface area contributed by atoms with E-state index in [1.807, 2.05) is 0 Å². The monoisotopic (exact) mass is 218 g/mol. The Morgan fingerprint density at radius 3 is 2.43 bits per heavy atom. The lowest BCUT2D eigenvalue weighted by atomic mass is 10.5. The zero-order valence-electron chi connectivity index (χ0n) is 3.40. The van der Waals surface area contributed by atoms with Crippen molar-refractivity contribution in [2.45, 2.75) is 10.6 Å². The van der Waals surface area contributed by atoms with E-state index in [-0.39, 0.29) is 0 Å². The third-order valence-corrected chi connectivity index (χ3v) is 0.769. The van der Waals surface area contributed by atoms with Gasteiger partial charge in [-0.15, -0.1) is 0 Å². The molecule has 4 heteroatoms. The van der Waals surface area contributed by atoms with Crippen LogP contribution in [0.3, 0.4) is 0 Å². The Bertz CT molecular complexity index is 73.3. The number of alkyl halides is 2. The fourth-order valence-electron chi connectivity index (χ4n) is 0.132. The largest absolute Gasteiger partial charge is 0.481 e. The lowest BCUT2D eigenvalue weighted by Gasteiger charge is -1.88. The fourth-order valence-corrected chi connectivity index (χ4v) is 0.509. The summed E-state index contributed by atoms with van der Waals surface area (Å²) in [5.41, 5.74) is 0. The average molecular weight is 218 g/mol. The lowest BCUT2D eigenvalue weighted by Crippen LogP contribution is -1.99. The van der Waals surface area contributed by atoms with Crippen LogP contribution in [-0.4, -0.2) is 15.3 Å². The van der Waals surface area contributed by atoms with Gasteiger partial charge in [-0.3, -0.25) is 4.79 Å². The molecule has 0 rings (SSSR count). The molecule has 0 saturated carbocycles. The van der Waals surface area contributed by atoms with Gasteiger partial charge in [0, 0.05) is 0 Å². The molecule has 0 heterocycles. The van der Waals surface area contributed by atoms with Crippen LogP contribution in [0.25, 0.3) is 0 Å². The first-order valence-electron chi connectivity index (χ1n) is 1.63. The predicted molar refractivity (Wildman–Crippen MR) is 31.2 cm³/mol. The van der Waals surface area contributed by atoms with Crippen molar-refractivity contribution in [2.24, 2.45) is 0 Å². The Balaban J connectivity index is 3.13. The standard InChI is InChI=1S/C3H4FIO2/c4-2(5)1-3(6)7/h2H,1H2,(H,6,7). The van der Waals surface area contributed by atoms with Crippen LogP contribution in [0.2, 0.25) is 0 Å². The van der Waals surface area contributed by atoms with E-state index in [2.05, 4.69) is 0 Å².